The maximum absolute atomic E-state index is 4.17. The second kappa shape index (κ2) is 5.92. The first-order valence-corrected chi connectivity index (χ1v) is 8.27. The molecule has 4 rings (SSSR count). The van der Waals surface area contributed by atoms with E-state index in [0.29, 0.717) is 0 Å². The predicted octanol–water partition coefficient (Wildman–Crippen LogP) is 4.71. The van der Waals surface area contributed by atoms with Gasteiger partial charge in [0, 0.05) is 36.4 Å². The molecule has 0 amide bonds. The van der Waals surface area contributed by atoms with E-state index < -0.39 is 0 Å². The molecule has 0 unspecified atom stereocenters. The van der Waals surface area contributed by atoms with E-state index in [1.165, 1.54) is 47.5 Å². The molecule has 1 aromatic carbocycles. The molecule has 1 aliphatic rings. The van der Waals surface area contributed by atoms with E-state index in [2.05, 4.69) is 64.4 Å². The van der Waals surface area contributed by atoms with Gasteiger partial charge in [-0.15, -0.1) is 0 Å². The maximum atomic E-state index is 4.17. The summed E-state index contributed by atoms with van der Waals surface area (Å²) in [4.78, 5) is 4.17. The number of para-hydroxylation sites is 1. The molecule has 23 heavy (non-hydrogen) atoms. The average Bonchev–Trinajstić information content (AvgIpc) is 2.89. The predicted molar refractivity (Wildman–Crippen MR) is 95.0 cm³/mol. The van der Waals surface area contributed by atoms with Crippen LogP contribution in [0.3, 0.4) is 0 Å². The van der Waals surface area contributed by atoms with Crippen molar-refractivity contribution < 1.29 is 0 Å². The van der Waals surface area contributed by atoms with Crippen LogP contribution in [0.25, 0.3) is 11.3 Å². The molecule has 0 atom stereocenters. The van der Waals surface area contributed by atoms with E-state index >= 15 is 0 Å². The minimum Gasteiger partial charge on any atom is -0.354 e. The van der Waals surface area contributed by atoms with Crippen LogP contribution in [0, 0.1) is 0 Å². The highest BCUT2D eigenvalue weighted by atomic mass is 15.0. The van der Waals surface area contributed by atoms with Crippen LogP contribution in [0.15, 0.2) is 54.9 Å². The van der Waals surface area contributed by atoms with Crippen molar-refractivity contribution in [2.75, 3.05) is 5.32 Å². The van der Waals surface area contributed by atoms with Gasteiger partial charge in [-0.1, -0.05) is 18.2 Å². The van der Waals surface area contributed by atoms with E-state index in [1.54, 1.807) is 0 Å². The zero-order valence-corrected chi connectivity index (χ0v) is 13.4. The van der Waals surface area contributed by atoms with E-state index in [-0.39, 0.29) is 0 Å². The Morgan fingerprint density at radius 3 is 2.48 bits per heavy atom. The third kappa shape index (κ3) is 2.52. The molecule has 1 aliphatic carbocycles. The SMILES string of the molecule is Cn1c2c(c(Nc3ccccc3)c1-c1ccncc1)CCCC2. The lowest BCUT2D eigenvalue weighted by Crippen LogP contribution is -2.05. The van der Waals surface area contributed by atoms with E-state index in [0.717, 1.165) is 12.1 Å². The highest BCUT2D eigenvalue weighted by molar-refractivity contribution is 5.83. The number of fused-ring (bicyclic) bond motifs is 1. The zero-order chi connectivity index (χ0) is 15.6. The molecule has 2 heterocycles. The quantitative estimate of drug-likeness (QED) is 0.759. The summed E-state index contributed by atoms with van der Waals surface area (Å²) in [5.74, 6) is 0. The number of benzene rings is 1. The van der Waals surface area contributed by atoms with Crippen molar-refractivity contribution in [2.45, 2.75) is 25.7 Å². The molecule has 3 nitrogen and oxygen atoms in total. The summed E-state index contributed by atoms with van der Waals surface area (Å²) < 4.78 is 2.37. The third-order valence-electron chi connectivity index (χ3n) is 4.71. The van der Waals surface area contributed by atoms with Crippen LogP contribution in [0.2, 0.25) is 0 Å². The van der Waals surface area contributed by atoms with Gasteiger partial charge >= 0.3 is 0 Å². The zero-order valence-electron chi connectivity index (χ0n) is 13.4. The molecule has 0 saturated heterocycles. The first kappa shape index (κ1) is 14.1. The number of hydrogen-bond acceptors (Lipinski definition) is 2. The largest absolute Gasteiger partial charge is 0.354 e. The molecule has 2 aromatic heterocycles. The first-order chi connectivity index (χ1) is 11.3. The van der Waals surface area contributed by atoms with Gasteiger partial charge in [0.1, 0.15) is 0 Å². The molecule has 0 spiro atoms. The fraction of sp³-hybridized carbons (Fsp3) is 0.250. The highest BCUT2D eigenvalue weighted by Crippen LogP contribution is 2.40. The Hall–Kier alpha value is -2.55. The fourth-order valence-corrected chi connectivity index (χ4v) is 3.62. The lowest BCUT2D eigenvalue weighted by atomic mass is 9.96. The summed E-state index contributed by atoms with van der Waals surface area (Å²) in [7, 11) is 2.19. The minimum absolute atomic E-state index is 1.14. The molecule has 3 heteroatoms. The summed E-state index contributed by atoms with van der Waals surface area (Å²) >= 11 is 0. The molecule has 0 saturated carbocycles. The van der Waals surface area contributed by atoms with E-state index in [4.69, 9.17) is 0 Å². The van der Waals surface area contributed by atoms with Gasteiger partial charge in [-0.05, 0) is 55.5 Å². The summed E-state index contributed by atoms with van der Waals surface area (Å²) in [5, 5.41) is 3.68. The van der Waals surface area contributed by atoms with Crippen LogP contribution in [-0.2, 0) is 19.9 Å². The topological polar surface area (TPSA) is 29.9 Å². The number of pyridine rings is 1. The van der Waals surface area contributed by atoms with Gasteiger partial charge in [-0.2, -0.15) is 0 Å². The number of hydrogen-bond donors (Lipinski definition) is 1. The second-order valence-electron chi connectivity index (χ2n) is 6.14. The molecular formula is C20H21N3. The van der Waals surface area contributed by atoms with E-state index in [9.17, 15) is 0 Å². The Bertz CT molecular complexity index is 804. The van der Waals surface area contributed by atoms with Gasteiger partial charge in [0.2, 0.25) is 0 Å². The van der Waals surface area contributed by atoms with Gasteiger partial charge in [0.15, 0.2) is 0 Å². The van der Waals surface area contributed by atoms with Gasteiger partial charge in [0.25, 0.3) is 0 Å². The van der Waals surface area contributed by atoms with Gasteiger partial charge in [-0.25, -0.2) is 0 Å². The lowest BCUT2D eigenvalue weighted by molar-refractivity contribution is 0.650. The van der Waals surface area contributed by atoms with Crippen LogP contribution in [0.4, 0.5) is 11.4 Å². The van der Waals surface area contributed by atoms with Crippen molar-refractivity contribution in [1.82, 2.24) is 9.55 Å². The Kier molecular flexibility index (Phi) is 3.62. The Labute approximate surface area is 137 Å². The number of nitrogens with zero attached hydrogens (tertiary/aromatic N) is 2. The van der Waals surface area contributed by atoms with Crippen LogP contribution in [0.5, 0.6) is 0 Å². The van der Waals surface area contributed by atoms with E-state index in [1.807, 2.05) is 12.4 Å². The fourth-order valence-electron chi connectivity index (χ4n) is 3.62. The molecule has 0 aliphatic heterocycles. The molecule has 3 aromatic rings. The van der Waals surface area contributed by atoms with Crippen LogP contribution >= 0.6 is 0 Å². The number of rotatable bonds is 3. The van der Waals surface area contributed by atoms with Crippen molar-refractivity contribution >= 4 is 11.4 Å². The summed E-state index contributed by atoms with van der Waals surface area (Å²) in [5.41, 5.74) is 7.84. The summed E-state index contributed by atoms with van der Waals surface area (Å²) in [6.45, 7) is 0. The van der Waals surface area contributed by atoms with Crippen molar-refractivity contribution in [1.29, 1.82) is 0 Å². The minimum atomic E-state index is 1.14. The molecule has 1 N–H and O–H groups in total. The summed E-state index contributed by atoms with van der Waals surface area (Å²) in [6.07, 6.45) is 8.62. The van der Waals surface area contributed by atoms with Crippen LogP contribution in [-0.4, -0.2) is 9.55 Å². The van der Waals surface area contributed by atoms with Gasteiger partial charge in [-0.3, -0.25) is 4.98 Å². The molecule has 0 bridgehead atoms. The molecule has 0 radical (unpaired) electrons. The second-order valence-corrected chi connectivity index (χ2v) is 6.14. The Balaban J connectivity index is 1.88. The van der Waals surface area contributed by atoms with Crippen LogP contribution in [0.1, 0.15) is 24.1 Å². The lowest BCUT2D eigenvalue weighted by Gasteiger charge is -2.14. The standard InChI is InChI=1S/C20H21N3/c1-23-18-10-6-5-9-17(18)19(22-16-7-3-2-4-8-16)20(23)15-11-13-21-14-12-15/h2-4,7-8,11-14,22H,5-6,9-10H2,1H3. The Morgan fingerprint density at radius 2 is 1.70 bits per heavy atom. The third-order valence-corrected chi connectivity index (χ3v) is 4.71. The smallest absolute Gasteiger partial charge is 0.0723 e. The Morgan fingerprint density at radius 1 is 0.957 bits per heavy atom. The maximum Gasteiger partial charge on any atom is 0.0723 e. The van der Waals surface area contributed by atoms with Crippen molar-refractivity contribution in [3.63, 3.8) is 0 Å². The number of anilines is 2. The molecular weight excluding hydrogens is 282 g/mol. The van der Waals surface area contributed by atoms with Crippen molar-refractivity contribution in [2.24, 2.45) is 7.05 Å². The van der Waals surface area contributed by atoms with Crippen molar-refractivity contribution in [3.05, 3.63) is 66.1 Å². The monoisotopic (exact) mass is 303 g/mol. The molecule has 116 valence electrons. The molecule has 0 fully saturated rings. The normalized spacial score (nSPS) is 13.6. The summed E-state index contributed by atoms with van der Waals surface area (Å²) in [6, 6.07) is 14.6. The highest BCUT2D eigenvalue weighted by Gasteiger charge is 2.24. The van der Waals surface area contributed by atoms with Gasteiger partial charge in [0.05, 0.1) is 11.4 Å². The van der Waals surface area contributed by atoms with Crippen LogP contribution < -0.4 is 5.32 Å². The number of nitrogens with one attached hydrogen (secondary N) is 1. The average molecular weight is 303 g/mol. The first-order valence-electron chi connectivity index (χ1n) is 8.27. The van der Waals surface area contributed by atoms with Gasteiger partial charge < -0.3 is 9.88 Å². The van der Waals surface area contributed by atoms with Crippen molar-refractivity contribution in [3.8, 4) is 11.3 Å². The number of aromatic nitrogens is 2.